The molecule has 56 heavy (non-hydrogen) atoms. The first-order valence-electron chi connectivity index (χ1n) is 18.5. The van der Waals surface area contributed by atoms with Crippen molar-refractivity contribution in [2.75, 3.05) is 17.2 Å². The maximum absolute atomic E-state index is 13.7. The minimum Gasteiger partial charge on any atom is -0.451 e. The third-order valence-electron chi connectivity index (χ3n) is 10.1. The zero-order valence-electron chi connectivity index (χ0n) is 31.2. The summed E-state index contributed by atoms with van der Waals surface area (Å²) in [5, 5.41) is 6.18. The van der Waals surface area contributed by atoms with E-state index in [2.05, 4.69) is 68.0 Å². The van der Waals surface area contributed by atoms with Crippen molar-refractivity contribution in [3.8, 4) is 5.69 Å². The van der Waals surface area contributed by atoms with Crippen molar-refractivity contribution in [1.29, 1.82) is 0 Å². The number of amides is 2. The smallest absolute Gasteiger partial charge is 0.291 e. The van der Waals surface area contributed by atoms with Gasteiger partial charge >= 0.3 is 0 Å². The molecular weight excluding hydrogens is 701 g/mol. The zero-order chi connectivity index (χ0) is 38.6. The molecule has 0 saturated carbocycles. The summed E-state index contributed by atoms with van der Waals surface area (Å²) in [5.74, 6) is -1.14. The molecule has 1 aliphatic heterocycles. The van der Waals surface area contributed by atoms with Gasteiger partial charge in [0.2, 0.25) is 0 Å². The van der Waals surface area contributed by atoms with Gasteiger partial charge in [0.15, 0.2) is 11.2 Å². The number of hydrogen-bond donors (Lipinski definition) is 2. The molecule has 8 rings (SSSR count). The lowest BCUT2D eigenvalue weighted by atomic mass is 10.0. The summed E-state index contributed by atoms with van der Waals surface area (Å²) >= 11 is 0. The van der Waals surface area contributed by atoms with Crippen LogP contribution in [0.2, 0.25) is 0 Å². The predicted molar refractivity (Wildman–Crippen MR) is 220 cm³/mol. The van der Waals surface area contributed by atoms with Crippen LogP contribution in [0.4, 0.5) is 11.4 Å². The van der Waals surface area contributed by atoms with E-state index in [0.717, 1.165) is 55.0 Å². The van der Waals surface area contributed by atoms with Gasteiger partial charge in [-0.2, -0.15) is 0 Å². The summed E-state index contributed by atoms with van der Waals surface area (Å²) in [6.07, 6.45) is 8.30. The molecule has 1 aliphatic rings. The number of benzene rings is 5. The molecule has 10 heteroatoms. The SMILES string of the molecule is Cc1cc(NC(=O)c2cc(=O)c3ccccc3o2)c(C(=O)Nc2ccc(CCN(Cc3cccc(-n4ccnc4)c3)Cc3ccc4c(c3)C=NC4)cc2)cc1C. The van der Waals surface area contributed by atoms with Crippen LogP contribution in [-0.2, 0) is 26.1 Å². The number of rotatable bonds is 12. The van der Waals surface area contributed by atoms with E-state index in [1.54, 1.807) is 42.6 Å². The van der Waals surface area contributed by atoms with Gasteiger partial charge in [0.25, 0.3) is 11.8 Å². The minimum absolute atomic E-state index is 0.142. The van der Waals surface area contributed by atoms with Crippen molar-refractivity contribution in [3.63, 3.8) is 0 Å². The second-order valence-corrected chi connectivity index (χ2v) is 14.2. The van der Waals surface area contributed by atoms with Gasteiger partial charge in [0, 0.05) is 55.7 Å². The van der Waals surface area contributed by atoms with Crippen molar-refractivity contribution in [1.82, 2.24) is 14.5 Å². The summed E-state index contributed by atoms with van der Waals surface area (Å²) in [6.45, 7) is 6.92. The van der Waals surface area contributed by atoms with Gasteiger partial charge in [0.05, 0.1) is 29.5 Å². The van der Waals surface area contributed by atoms with Gasteiger partial charge < -0.3 is 19.6 Å². The summed E-state index contributed by atoms with van der Waals surface area (Å²) in [7, 11) is 0. The Balaban J connectivity index is 0.957. The quantitative estimate of drug-likeness (QED) is 0.130. The molecule has 2 N–H and O–H groups in total. The Labute approximate surface area is 324 Å². The summed E-state index contributed by atoms with van der Waals surface area (Å²) < 4.78 is 7.75. The molecule has 10 nitrogen and oxygen atoms in total. The second kappa shape index (κ2) is 15.8. The normalized spacial score (nSPS) is 11.9. The van der Waals surface area contributed by atoms with E-state index in [9.17, 15) is 14.4 Å². The number of nitrogens with zero attached hydrogens (tertiary/aromatic N) is 4. The average Bonchev–Trinajstić information content (AvgIpc) is 3.92. The number of anilines is 2. The van der Waals surface area contributed by atoms with Crippen LogP contribution in [0.1, 0.15) is 59.9 Å². The first kappa shape index (κ1) is 36.1. The maximum Gasteiger partial charge on any atom is 0.291 e. The fourth-order valence-electron chi connectivity index (χ4n) is 6.95. The van der Waals surface area contributed by atoms with E-state index in [4.69, 9.17) is 4.42 Å². The molecule has 0 radical (unpaired) electrons. The lowest BCUT2D eigenvalue weighted by Crippen LogP contribution is -2.25. The molecule has 0 atom stereocenters. The average molecular weight is 741 g/mol. The maximum atomic E-state index is 13.7. The standard InChI is InChI=1S/C46H40N6O4/c1-30-20-40(41(21-31(30)2)50-46(55)44-24-42(53)39-8-3-4-9-43(39)56-44)45(54)49-37-14-11-32(12-15-37)16-18-51(28-34-10-13-35-25-48-26-36(35)22-34)27-33-6-5-7-38(23-33)52-19-17-47-29-52/h3-15,17,19-24,26,29H,16,18,25,27-28H2,1-2H3,(H,49,54)(H,50,55). The molecule has 0 unspecified atom stereocenters. The number of aryl methyl sites for hydroxylation is 2. The monoisotopic (exact) mass is 740 g/mol. The molecule has 0 saturated heterocycles. The number of fused-ring (bicyclic) bond motifs is 2. The highest BCUT2D eigenvalue weighted by Gasteiger charge is 2.19. The summed E-state index contributed by atoms with van der Waals surface area (Å²) in [4.78, 5) is 50.8. The number of nitrogens with one attached hydrogen (secondary N) is 2. The predicted octanol–water partition coefficient (Wildman–Crippen LogP) is 8.28. The first-order valence-corrected chi connectivity index (χ1v) is 18.5. The number of para-hydroxylation sites is 1. The fraction of sp³-hybridized carbons (Fsp3) is 0.152. The Bertz CT molecular complexity index is 2660. The van der Waals surface area contributed by atoms with Gasteiger partial charge in [-0.3, -0.25) is 24.3 Å². The van der Waals surface area contributed by atoms with E-state index in [1.807, 2.05) is 61.4 Å². The van der Waals surface area contributed by atoms with Crippen molar-refractivity contribution < 1.29 is 14.0 Å². The van der Waals surface area contributed by atoms with Crippen LogP contribution in [0.5, 0.6) is 0 Å². The van der Waals surface area contributed by atoms with Crippen LogP contribution >= 0.6 is 0 Å². The molecule has 278 valence electrons. The first-order chi connectivity index (χ1) is 27.3. The van der Waals surface area contributed by atoms with E-state index < -0.39 is 5.91 Å². The lowest BCUT2D eigenvalue weighted by Gasteiger charge is -2.23. The molecule has 0 aliphatic carbocycles. The van der Waals surface area contributed by atoms with E-state index in [1.165, 1.54) is 28.3 Å². The minimum atomic E-state index is -0.625. The van der Waals surface area contributed by atoms with Crippen LogP contribution in [-0.4, -0.2) is 39.0 Å². The third-order valence-corrected chi connectivity index (χ3v) is 10.1. The highest BCUT2D eigenvalue weighted by atomic mass is 16.3. The molecular formula is C46H40N6O4. The van der Waals surface area contributed by atoms with Crippen molar-refractivity contribution in [2.45, 2.75) is 39.9 Å². The van der Waals surface area contributed by atoms with Gasteiger partial charge in [0.1, 0.15) is 5.58 Å². The second-order valence-electron chi connectivity index (χ2n) is 14.2. The van der Waals surface area contributed by atoms with Gasteiger partial charge in [-0.05, 0) is 114 Å². The van der Waals surface area contributed by atoms with Gasteiger partial charge in [-0.25, -0.2) is 4.98 Å². The largest absolute Gasteiger partial charge is 0.451 e. The van der Waals surface area contributed by atoms with Gasteiger partial charge in [-0.1, -0.05) is 48.5 Å². The Morgan fingerprint density at radius 2 is 1.59 bits per heavy atom. The van der Waals surface area contributed by atoms with E-state index in [-0.39, 0.29) is 17.1 Å². The lowest BCUT2D eigenvalue weighted by molar-refractivity contribution is 0.0997. The highest BCUT2D eigenvalue weighted by Crippen LogP contribution is 2.25. The molecule has 7 aromatic rings. The number of aromatic nitrogens is 2. The van der Waals surface area contributed by atoms with Crippen LogP contribution < -0.4 is 16.1 Å². The van der Waals surface area contributed by atoms with Crippen molar-refractivity contribution in [3.05, 3.63) is 188 Å². The zero-order valence-corrected chi connectivity index (χ0v) is 31.2. The van der Waals surface area contributed by atoms with Gasteiger partial charge in [-0.15, -0.1) is 0 Å². The molecule has 2 amide bonds. The molecule has 0 spiro atoms. The molecule has 0 fully saturated rings. The molecule has 2 aromatic heterocycles. The molecule has 0 bridgehead atoms. The van der Waals surface area contributed by atoms with Crippen molar-refractivity contribution in [2.24, 2.45) is 4.99 Å². The van der Waals surface area contributed by atoms with E-state index in [0.29, 0.717) is 27.9 Å². The Hall–Kier alpha value is -6.91. The number of imidazole rings is 1. The third kappa shape index (κ3) is 8.11. The Morgan fingerprint density at radius 1 is 0.804 bits per heavy atom. The number of carbonyl (C=O) groups is 2. The fourth-order valence-corrected chi connectivity index (χ4v) is 6.95. The van der Waals surface area contributed by atoms with Crippen molar-refractivity contribution >= 4 is 40.4 Å². The summed E-state index contributed by atoms with van der Waals surface area (Å²) in [5.41, 5.74) is 10.1. The summed E-state index contributed by atoms with van der Waals surface area (Å²) in [6, 6.07) is 34.4. The number of aliphatic imine (C=N–C) groups is 1. The van der Waals surface area contributed by atoms with E-state index >= 15 is 0 Å². The number of hydrogen-bond acceptors (Lipinski definition) is 7. The highest BCUT2D eigenvalue weighted by molar-refractivity contribution is 6.12. The van der Waals surface area contributed by atoms with Crippen LogP contribution in [0.25, 0.3) is 16.7 Å². The van der Waals surface area contributed by atoms with Crippen LogP contribution in [0, 0.1) is 13.8 Å². The van der Waals surface area contributed by atoms with Crippen LogP contribution in [0.3, 0.4) is 0 Å². The number of carbonyl (C=O) groups excluding carboxylic acids is 2. The van der Waals surface area contributed by atoms with Crippen LogP contribution in [0.15, 0.2) is 142 Å². The Morgan fingerprint density at radius 3 is 2.41 bits per heavy atom. The Kier molecular flexibility index (Phi) is 10.2. The molecule has 5 aromatic carbocycles. The molecule has 3 heterocycles. The topological polar surface area (TPSA) is 122 Å².